The van der Waals surface area contributed by atoms with E-state index >= 15 is 0 Å². The van der Waals surface area contributed by atoms with Gasteiger partial charge in [-0.15, -0.1) is 0 Å². The fraction of sp³-hybridized carbons (Fsp3) is 0.364. The third kappa shape index (κ3) is 5.42. The zero-order valence-corrected chi connectivity index (χ0v) is 10.9. The predicted molar refractivity (Wildman–Crippen MR) is 64.7 cm³/mol. The van der Waals surface area contributed by atoms with E-state index in [1.54, 1.807) is 12.1 Å². The van der Waals surface area contributed by atoms with E-state index in [2.05, 4.69) is 26.0 Å². The number of aliphatic carboxylic acids is 1. The summed E-state index contributed by atoms with van der Waals surface area (Å²) >= 11 is 3.23. The number of rotatable bonds is 7. The molecule has 0 saturated heterocycles. The molecule has 0 fully saturated rings. The number of alkyl halides is 2. The summed E-state index contributed by atoms with van der Waals surface area (Å²) in [6.07, 6.45) is -0.0287. The molecule has 0 spiro atoms. The van der Waals surface area contributed by atoms with Crippen molar-refractivity contribution in [2.24, 2.45) is 0 Å². The monoisotopic (exact) mass is 323 g/mol. The van der Waals surface area contributed by atoms with Gasteiger partial charge in [0.05, 0.1) is 6.42 Å². The van der Waals surface area contributed by atoms with Gasteiger partial charge >= 0.3 is 12.6 Å². The second-order valence-corrected chi connectivity index (χ2v) is 4.37. The van der Waals surface area contributed by atoms with Crippen LogP contribution < -0.4 is 10.1 Å². The van der Waals surface area contributed by atoms with Gasteiger partial charge in [0.2, 0.25) is 0 Å². The van der Waals surface area contributed by atoms with Gasteiger partial charge in [0.15, 0.2) is 0 Å². The molecule has 7 heteroatoms. The van der Waals surface area contributed by atoms with Gasteiger partial charge in [-0.05, 0) is 18.2 Å². The Labute approximate surface area is 111 Å². The number of ether oxygens (including phenoxy) is 1. The smallest absolute Gasteiger partial charge is 0.387 e. The number of benzene rings is 1. The average molecular weight is 324 g/mol. The molecule has 100 valence electrons. The van der Waals surface area contributed by atoms with E-state index in [9.17, 15) is 13.6 Å². The van der Waals surface area contributed by atoms with Gasteiger partial charge in [-0.25, -0.2) is 0 Å². The minimum absolute atomic E-state index is 0.0287. The molecule has 0 aliphatic rings. The quantitative estimate of drug-likeness (QED) is 0.757. The maximum Gasteiger partial charge on any atom is 0.387 e. The first-order valence-corrected chi connectivity index (χ1v) is 5.94. The Bertz CT molecular complexity index is 415. The first-order valence-electron chi connectivity index (χ1n) is 5.15. The summed E-state index contributed by atoms with van der Waals surface area (Å²) < 4.78 is 29.4. The predicted octanol–water partition coefficient (Wildman–Crippen LogP) is 2.61. The van der Waals surface area contributed by atoms with Gasteiger partial charge in [-0.1, -0.05) is 15.9 Å². The molecule has 0 radical (unpaired) electrons. The van der Waals surface area contributed by atoms with Crippen LogP contribution in [0.15, 0.2) is 22.7 Å². The number of hydrogen-bond donors (Lipinski definition) is 2. The molecule has 0 amide bonds. The van der Waals surface area contributed by atoms with Crippen molar-refractivity contribution >= 4 is 21.9 Å². The van der Waals surface area contributed by atoms with Crippen molar-refractivity contribution in [3.63, 3.8) is 0 Å². The molecular weight excluding hydrogens is 312 g/mol. The molecule has 0 unspecified atom stereocenters. The summed E-state index contributed by atoms with van der Waals surface area (Å²) in [5.74, 6) is -0.836. The molecule has 18 heavy (non-hydrogen) atoms. The van der Waals surface area contributed by atoms with Crippen LogP contribution in [-0.4, -0.2) is 24.2 Å². The largest absolute Gasteiger partial charge is 0.481 e. The first-order chi connectivity index (χ1) is 8.49. The molecule has 0 heterocycles. The SMILES string of the molecule is O=C(O)CCNCc1cc(Br)ccc1OC(F)F. The van der Waals surface area contributed by atoms with Gasteiger partial charge in [0.1, 0.15) is 5.75 Å². The van der Waals surface area contributed by atoms with Crippen molar-refractivity contribution in [3.8, 4) is 5.75 Å². The van der Waals surface area contributed by atoms with Crippen LogP contribution in [-0.2, 0) is 11.3 Å². The van der Waals surface area contributed by atoms with Gasteiger partial charge in [0.25, 0.3) is 0 Å². The molecule has 1 aromatic carbocycles. The van der Waals surface area contributed by atoms with Crippen LogP contribution in [0.2, 0.25) is 0 Å². The summed E-state index contributed by atoms with van der Waals surface area (Å²) in [6, 6.07) is 4.67. The molecular formula is C11H12BrF2NO3. The summed E-state index contributed by atoms with van der Waals surface area (Å²) in [4.78, 5) is 10.3. The van der Waals surface area contributed by atoms with Crippen molar-refractivity contribution in [2.75, 3.05) is 6.54 Å². The maximum absolute atomic E-state index is 12.2. The van der Waals surface area contributed by atoms with Gasteiger partial charge in [-0.2, -0.15) is 8.78 Å². The van der Waals surface area contributed by atoms with E-state index in [4.69, 9.17) is 5.11 Å². The molecule has 0 atom stereocenters. The van der Waals surface area contributed by atoms with Crippen molar-refractivity contribution in [1.29, 1.82) is 0 Å². The lowest BCUT2D eigenvalue weighted by atomic mass is 10.2. The Morgan fingerprint density at radius 1 is 1.50 bits per heavy atom. The van der Waals surface area contributed by atoms with E-state index in [1.165, 1.54) is 6.07 Å². The lowest BCUT2D eigenvalue weighted by Gasteiger charge is -2.11. The second kappa shape index (κ2) is 7.27. The van der Waals surface area contributed by atoms with E-state index in [0.717, 1.165) is 4.47 Å². The van der Waals surface area contributed by atoms with Crippen molar-refractivity contribution < 1.29 is 23.4 Å². The van der Waals surface area contributed by atoms with Crippen LogP contribution in [0.1, 0.15) is 12.0 Å². The molecule has 1 aromatic rings. The van der Waals surface area contributed by atoms with E-state index < -0.39 is 12.6 Å². The topological polar surface area (TPSA) is 58.6 Å². The zero-order chi connectivity index (χ0) is 13.5. The highest BCUT2D eigenvalue weighted by atomic mass is 79.9. The van der Waals surface area contributed by atoms with Crippen LogP contribution in [0.25, 0.3) is 0 Å². The molecule has 0 bridgehead atoms. The van der Waals surface area contributed by atoms with Gasteiger partial charge < -0.3 is 15.2 Å². The third-order valence-electron chi connectivity index (χ3n) is 2.07. The first kappa shape index (κ1) is 14.8. The Morgan fingerprint density at radius 3 is 2.83 bits per heavy atom. The normalized spacial score (nSPS) is 10.7. The Hall–Kier alpha value is -1.21. The van der Waals surface area contributed by atoms with Crippen LogP contribution in [0.3, 0.4) is 0 Å². The molecule has 1 rings (SSSR count). The van der Waals surface area contributed by atoms with Crippen molar-refractivity contribution in [2.45, 2.75) is 19.6 Å². The molecule has 0 saturated carbocycles. The standard InChI is InChI=1S/C11H12BrF2NO3/c12-8-1-2-9(18-11(13)14)7(5-8)6-15-4-3-10(16)17/h1-2,5,11,15H,3-4,6H2,(H,16,17). The number of carboxylic acid groups (broad SMARTS) is 1. The maximum atomic E-state index is 12.2. The number of nitrogens with one attached hydrogen (secondary N) is 1. The molecule has 0 aliphatic heterocycles. The molecule has 0 aliphatic carbocycles. The lowest BCUT2D eigenvalue weighted by Crippen LogP contribution is -2.18. The van der Waals surface area contributed by atoms with Crippen LogP contribution in [0.4, 0.5) is 8.78 Å². The Morgan fingerprint density at radius 2 is 2.22 bits per heavy atom. The van der Waals surface area contributed by atoms with Crippen molar-refractivity contribution in [1.82, 2.24) is 5.32 Å². The molecule has 0 aromatic heterocycles. The van der Waals surface area contributed by atoms with E-state index in [-0.39, 0.29) is 25.3 Å². The van der Waals surface area contributed by atoms with Crippen LogP contribution in [0.5, 0.6) is 5.75 Å². The lowest BCUT2D eigenvalue weighted by molar-refractivity contribution is -0.136. The fourth-order valence-electron chi connectivity index (χ4n) is 1.32. The number of hydrogen-bond acceptors (Lipinski definition) is 3. The number of carbonyl (C=O) groups is 1. The highest BCUT2D eigenvalue weighted by Gasteiger charge is 2.10. The summed E-state index contributed by atoms with van der Waals surface area (Å²) in [7, 11) is 0. The van der Waals surface area contributed by atoms with E-state index in [0.29, 0.717) is 5.56 Å². The summed E-state index contributed by atoms with van der Waals surface area (Å²) in [5, 5.41) is 11.3. The summed E-state index contributed by atoms with van der Waals surface area (Å²) in [6.45, 7) is -2.37. The minimum atomic E-state index is -2.89. The highest BCUT2D eigenvalue weighted by molar-refractivity contribution is 9.10. The molecule has 2 N–H and O–H groups in total. The van der Waals surface area contributed by atoms with Crippen LogP contribution >= 0.6 is 15.9 Å². The fourth-order valence-corrected chi connectivity index (χ4v) is 1.72. The Balaban J connectivity index is 2.61. The summed E-state index contributed by atoms with van der Waals surface area (Å²) in [5.41, 5.74) is 0.537. The van der Waals surface area contributed by atoms with Gasteiger partial charge in [-0.3, -0.25) is 4.79 Å². The molecule has 4 nitrogen and oxygen atoms in total. The number of carboxylic acids is 1. The van der Waals surface area contributed by atoms with E-state index in [1.807, 2.05) is 0 Å². The number of halogens is 3. The van der Waals surface area contributed by atoms with Crippen molar-refractivity contribution in [3.05, 3.63) is 28.2 Å². The highest BCUT2D eigenvalue weighted by Crippen LogP contribution is 2.24. The van der Waals surface area contributed by atoms with Gasteiger partial charge in [0, 0.05) is 23.1 Å². The Kier molecular flexibility index (Phi) is 6.00. The third-order valence-corrected chi connectivity index (χ3v) is 2.56. The van der Waals surface area contributed by atoms with Crippen LogP contribution in [0, 0.1) is 0 Å². The second-order valence-electron chi connectivity index (χ2n) is 3.45. The average Bonchev–Trinajstić information content (AvgIpc) is 2.27. The zero-order valence-electron chi connectivity index (χ0n) is 9.33. The minimum Gasteiger partial charge on any atom is -0.481 e.